The van der Waals surface area contributed by atoms with Crippen LogP contribution in [0.1, 0.15) is 23.9 Å². The average molecular weight is 330 g/mol. The summed E-state index contributed by atoms with van der Waals surface area (Å²) in [6, 6.07) is 6.85. The number of rotatable bonds is 4. The van der Waals surface area contributed by atoms with Gasteiger partial charge in [0.1, 0.15) is 5.76 Å². The van der Waals surface area contributed by atoms with Crippen molar-refractivity contribution in [1.29, 1.82) is 0 Å². The maximum atomic E-state index is 12.3. The number of nitrogens with zero attached hydrogens (tertiary/aromatic N) is 3. The van der Waals surface area contributed by atoms with Crippen molar-refractivity contribution < 1.29 is 14.1 Å². The lowest BCUT2D eigenvalue weighted by molar-refractivity contribution is -0.116. The smallest absolute Gasteiger partial charge is 0.321 e. The molecule has 1 aromatic carbocycles. The van der Waals surface area contributed by atoms with Gasteiger partial charge in [0.2, 0.25) is 5.91 Å². The van der Waals surface area contributed by atoms with E-state index in [1.54, 1.807) is 43.3 Å². The third-order valence-corrected chi connectivity index (χ3v) is 3.90. The van der Waals surface area contributed by atoms with E-state index in [9.17, 15) is 9.59 Å². The number of hydrogen-bond acceptors (Lipinski definition) is 4. The van der Waals surface area contributed by atoms with Gasteiger partial charge in [0.05, 0.1) is 12.2 Å². The lowest BCUT2D eigenvalue weighted by Crippen LogP contribution is -2.31. The molecule has 7 nitrogen and oxygen atoms in total. The monoisotopic (exact) mass is 330 g/mol. The summed E-state index contributed by atoms with van der Waals surface area (Å²) in [5.41, 5.74) is 3.12. The highest BCUT2D eigenvalue weighted by Gasteiger charge is 2.15. The molecule has 2 aromatic rings. The lowest BCUT2D eigenvalue weighted by atomic mass is 10.2. The summed E-state index contributed by atoms with van der Waals surface area (Å²) in [4.78, 5) is 26.7. The number of benzene rings is 1. The van der Waals surface area contributed by atoms with Gasteiger partial charge in [0.25, 0.3) is 0 Å². The Morgan fingerprint density at radius 1 is 1.17 bits per heavy atom. The Balaban J connectivity index is 2.00. The van der Waals surface area contributed by atoms with Crippen LogP contribution in [0.25, 0.3) is 0 Å². The van der Waals surface area contributed by atoms with E-state index in [4.69, 9.17) is 4.52 Å². The normalized spacial score (nSPS) is 10.4. The summed E-state index contributed by atoms with van der Waals surface area (Å²) in [5.74, 6) is 0.662. The largest absolute Gasteiger partial charge is 0.361 e. The second-order valence-corrected chi connectivity index (χ2v) is 5.71. The Morgan fingerprint density at radius 3 is 2.29 bits per heavy atom. The molecule has 128 valence electrons. The second-order valence-electron chi connectivity index (χ2n) is 5.71. The zero-order valence-electron chi connectivity index (χ0n) is 14.6. The maximum absolute atomic E-state index is 12.3. The average Bonchev–Trinajstić information content (AvgIpc) is 2.86. The van der Waals surface area contributed by atoms with Gasteiger partial charge in [0, 0.05) is 38.0 Å². The number of carbonyl (C=O) groups is 2. The molecule has 2 rings (SSSR count). The lowest BCUT2D eigenvalue weighted by Gasteiger charge is -2.19. The molecular formula is C17H22N4O3. The molecular weight excluding hydrogens is 308 g/mol. The number of amides is 3. The molecule has 0 atom stereocenters. The van der Waals surface area contributed by atoms with Gasteiger partial charge >= 0.3 is 6.03 Å². The molecule has 0 bridgehead atoms. The Morgan fingerprint density at radius 2 is 1.79 bits per heavy atom. The maximum Gasteiger partial charge on any atom is 0.321 e. The molecule has 0 aliphatic rings. The highest BCUT2D eigenvalue weighted by atomic mass is 16.5. The van der Waals surface area contributed by atoms with E-state index >= 15 is 0 Å². The molecule has 1 aromatic heterocycles. The standard InChI is InChI=1S/C17H22N4O3/c1-11-16(12(2)24-19-11)10-20(4)17(23)18-14-6-8-15(9-7-14)21(5)13(3)22/h6-9H,10H2,1-5H3,(H,18,23). The summed E-state index contributed by atoms with van der Waals surface area (Å²) in [7, 11) is 3.41. The van der Waals surface area contributed by atoms with E-state index in [1.165, 1.54) is 11.8 Å². The first-order valence-corrected chi connectivity index (χ1v) is 7.57. The van der Waals surface area contributed by atoms with Gasteiger partial charge in [-0.3, -0.25) is 4.79 Å². The topological polar surface area (TPSA) is 78.7 Å². The molecule has 0 saturated heterocycles. The fourth-order valence-electron chi connectivity index (χ4n) is 2.21. The van der Waals surface area contributed by atoms with Gasteiger partial charge in [-0.1, -0.05) is 5.16 Å². The molecule has 3 amide bonds. The highest BCUT2D eigenvalue weighted by molar-refractivity contribution is 5.92. The first kappa shape index (κ1) is 17.5. The zero-order chi connectivity index (χ0) is 17.9. The number of aryl methyl sites for hydroxylation is 2. The summed E-state index contributed by atoms with van der Waals surface area (Å²) < 4.78 is 5.11. The van der Waals surface area contributed by atoms with Crippen molar-refractivity contribution in [2.75, 3.05) is 24.3 Å². The number of nitrogens with one attached hydrogen (secondary N) is 1. The van der Waals surface area contributed by atoms with E-state index in [0.717, 1.165) is 16.9 Å². The predicted molar refractivity (Wildman–Crippen MR) is 92.0 cm³/mol. The number of urea groups is 1. The van der Waals surface area contributed by atoms with Crippen molar-refractivity contribution >= 4 is 23.3 Å². The van der Waals surface area contributed by atoms with Crippen molar-refractivity contribution in [3.8, 4) is 0 Å². The van der Waals surface area contributed by atoms with Gasteiger partial charge in [-0.2, -0.15) is 0 Å². The molecule has 0 radical (unpaired) electrons. The molecule has 0 aliphatic carbocycles. The minimum absolute atomic E-state index is 0.0500. The van der Waals surface area contributed by atoms with Crippen LogP contribution < -0.4 is 10.2 Å². The van der Waals surface area contributed by atoms with Crippen LogP contribution in [-0.4, -0.2) is 36.1 Å². The van der Waals surface area contributed by atoms with E-state index in [1.807, 2.05) is 13.8 Å². The fraction of sp³-hybridized carbons (Fsp3) is 0.353. The van der Waals surface area contributed by atoms with E-state index < -0.39 is 0 Å². The zero-order valence-corrected chi connectivity index (χ0v) is 14.6. The van der Waals surface area contributed by atoms with Crippen molar-refractivity contribution in [3.05, 3.63) is 41.3 Å². The van der Waals surface area contributed by atoms with Gasteiger partial charge in [-0.25, -0.2) is 4.79 Å². The van der Waals surface area contributed by atoms with Crippen LogP contribution in [-0.2, 0) is 11.3 Å². The van der Waals surface area contributed by atoms with Crippen molar-refractivity contribution in [2.45, 2.75) is 27.3 Å². The molecule has 0 aliphatic heterocycles. The molecule has 7 heteroatoms. The summed E-state index contributed by atoms with van der Waals surface area (Å²) in [6.45, 7) is 5.59. The van der Waals surface area contributed by atoms with Gasteiger partial charge in [-0.15, -0.1) is 0 Å². The number of carbonyl (C=O) groups excluding carboxylic acids is 2. The molecule has 0 fully saturated rings. The van der Waals surface area contributed by atoms with Crippen LogP contribution in [0.4, 0.5) is 16.2 Å². The van der Waals surface area contributed by atoms with E-state index in [2.05, 4.69) is 10.5 Å². The summed E-state index contributed by atoms with van der Waals surface area (Å²) in [5, 5.41) is 6.71. The fourth-order valence-corrected chi connectivity index (χ4v) is 2.21. The van der Waals surface area contributed by atoms with Crippen LogP contribution in [0.15, 0.2) is 28.8 Å². The van der Waals surface area contributed by atoms with Crippen molar-refractivity contribution in [3.63, 3.8) is 0 Å². The Bertz CT molecular complexity index is 717. The van der Waals surface area contributed by atoms with Crippen LogP contribution >= 0.6 is 0 Å². The molecule has 1 N–H and O–H groups in total. The number of hydrogen-bond donors (Lipinski definition) is 1. The predicted octanol–water partition coefficient (Wildman–Crippen LogP) is 2.94. The van der Waals surface area contributed by atoms with Crippen LogP contribution in [0.3, 0.4) is 0 Å². The minimum atomic E-state index is -0.234. The van der Waals surface area contributed by atoms with E-state index in [-0.39, 0.29) is 11.9 Å². The second kappa shape index (κ2) is 7.16. The molecule has 0 saturated carbocycles. The van der Waals surface area contributed by atoms with Gasteiger partial charge in [-0.05, 0) is 38.1 Å². The molecule has 1 heterocycles. The minimum Gasteiger partial charge on any atom is -0.361 e. The molecule has 0 unspecified atom stereocenters. The highest BCUT2D eigenvalue weighted by Crippen LogP contribution is 2.18. The third kappa shape index (κ3) is 3.92. The van der Waals surface area contributed by atoms with Crippen molar-refractivity contribution in [2.24, 2.45) is 0 Å². The molecule has 0 spiro atoms. The van der Waals surface area contributed by atoms with Crippen LogP contribution in [0.2, 0.25) is 0 Å². The Labute approximate surface area is 141 Å². The third-order valence-electron chi connectivity index (χ3n) is 3.90. The molecule has 24 heavy (non-hydrogen) atoms. The van der Waals surface area contributed by atoms with Crippen LogP contribution in [0, 0.1) is 13.8 Å². The summed E-state index contributed by atoms with van der Waals surface area (Å²) in [6.07, 6.45) is 0. The number of aromatic nitrogens is 1. The SMILES string of the molecule is CC(=O)N(C)c1ccc(NC(=O)N(C)Cc2c(C)noc2C)cc1. The quantitative estimate of drug-likeness (QED) is 0.935. The van der Waals surface area contributed by atoms with Gasteiger partial charge < -0.3 is 19.6 Å². The van der Waals surface area contributed by atoms with E-state index in [0.29, 0.717) is 18.0 Å². The van der Waals surface area contributed by atoms with Gasteiger partial charge in [0.15, 0.2) is 0 Å². The Kier molecular flexibility index (Phi) is 5.23. The summed E-state index contributed by atoms with van der Waals surface area (Å²) >= 11 is 0. The first-order valence-electron chi connectivity index (χ1n) is 7.57. The first-order chi connectivity index (χ1) is 11.3. The van der Waals surface area contributed by atoms with Crippen molar-refractivity contribution in [1.82, 2.24) is 10.1 Å². The van der Waals surface area contributed by atoms with Crippen LogP contribution in [0.5, 0.6) is 0 Å². The number of anilines is 2. The Hall–Kier alpha value is -2.83.